The highest BCUT2D eigenvalue weighted by molar-refractivity contribution is 7.80. The SMILES string of the molecule is CCOc1cc(N2CCOCC2)c(OCC)cc1NC(=S)NC[C@@H]1CCCO1. The molecule has 2 fully saturated rings. The Kier molecular flexibility index (Phi) is 8.00. The van der Waals surface area contributed by atoms with E-state index < -0.39 is 0 Å². The summed E-state index contributed by atoms with van der Waals surface area (Å²) in [5.74, 6) is 1.57. The first kappa shape index (κ1) is 21.0. The quantitative estimate of drug-likeness (QED) is 0.636. The van der Waals surface area contributed by atoms with E-state index in [2.05, 4.69) is 15.5 Å². The van der Waals surface area contributed by atoms with Crippen LogP contribution in [0.5, 0.6) is 11.5 Å². The summed E-state index contributed by atoms with van der Waals surface area (Å²) < 4.78 is 22.9. The number of hydrogen-bond donors (Lipinski definition) is 2. The highest BCUT2D eigenvalue weighted by Crippen LogP contribution is 2.39. The molecule has 2 aliphatic rings. The van der Waals surface area contributed by atoms with Crippen molar-refractivity contribution in [3.8, 4) is 11.5 Å². The minimum Gasteiger partial charge on any atom is -0.492 e. The van der Waals surface area contributed by atoms with Gasteiger partial charge in [-0.1, -0.05) is 0 Å². The molecule has 1 aromatic carbocycles. The van der Waals surface area contributed by atoms with Crippen molar-refractivity contribution in [3.63, 3.8) is 0 Å². The van der Waals surface area contributed by atoms with Crippen molar-refractivity contribution in [2.75, 3.05) is 62.9 Å². The molecule has 1 atom stereocenters. The lowest BCUT2D eigenvalue weighted by molar-refractivity contribution is 0.114. The molecule has 0 bridgehead atoms. The molecule has 3 rings (SSSR count). The number of anilines is 2. The van der Waals surface area contributed by atoms with Crippen molar-refractivity contribution < 1.29 is 18.9 Å². The molecular weight excluding hydrogens is 378 g/mol. The molecule has 7 nitrogen and oxygen atoms in total. The van der Waals surface area contributed by atoms with Crippen LogP contribution in [0.4, 0.5) is 11.4 Å². The van der Waals surface area contributed by atoms with Crippen LogP contribution in [0.15, 0.2) is 12.1 Å². The summed E-state index contributed by atoms with van der Waals surface area (Å²) in [5, 5.41) is 7.06. The molecule has 2 aliphatic heterocycles. The number of nitrogens with one attached hydrogen (secondary N) is 2. The number of morpholine rings is 1. The van der Waals surface area contributed by atoms with Crippen molar-refractivity contribution in [3.05, 3.63) is 12.1 Å². The van der Waals surface area contributed by atoms with Crippen LogP contribution >= 0.6 is 12.2 Å². The molecule has 0 amide bonds. The molecule has 0 unspecified atom stereocenters. The Hall–Kier alpha value is -1.77. The maximum absolute atomic E-state index is 5.93. The molecule has 2 N–H and O–H groups in total. The van der Waals surface area contributed by atoms with Gasteiger partial charge in [-0.3, -0.25) is 0 Å². The monoisotopic (exact) mass is 409 g/mol. The van der Waals surface area contributed by atoms with Gasteiger partial charge in [-0.05, 0) is 38.9 Å². The largest absolute Gasteiger partial charge is 0.492 e. The van der Waals surface area contributed by atoms with Gasteiger partial charge in [0.05, 0.1) is 43.9 Å². The van der Waals surface area contributed by atoms with E-state index in [0.717, 1.165) is 55.4 Å². The number of rotatable bonds is 8. The zero-order valence-electron chi connectivity index (χ0n) is 16.8. The second-order valence-electron chi connectivity index (χ2n) is 6.75. The molecule has 0 aliphatic carbocycles. The van der Waals surface area contributed by atoms with Gasteiger partial charge in [0.1, 0.15) is 11.5 Å². The van der Waals surface area contributed by atoms with Crippen LogP contribution in [0.3, 0.4) is 0 Å². The summed E-state index contributed by atoms with van der Waals surface area (Å²) in [6.45, 7) is 9.76. The Labute approximate surface area is 172 Å². The van der Waals surface area contributed by atoms with Crippen LogP contribution in [-0.2, 0) is 9.47 Å². The van der Waals surface area contributed by atoms with Crippen molar-refractivity contribution in [1.82, 2.24) is 5.32 Å². The van der Waals surface area contributed by atoms with Gasteiger partial charge < -0.3 is 34.5 Å². The number of benzene rings is 1. The number of ether oxygens (including phenoxy) is 4. The van der Waals surface area contributed by atoms with Crippen LogP contribution in [0.25, 0.3) is 0 Å². The minimum atomic E-state index is 0.230. The second-order valence-corrected chi connectivity index (χ2v) is 7.16. The van der Waals surface area contributed by atoms with Gasteiger partial charge in [-0.2, -0.15) is 0 Å². The van der Waals surface area contributed by atoms with Crippen LogP contribution in [0.1, 0.15) is 26.7 Å². The Morgan fingerprint density at radius 1 is 1.14 bits per heavy atom. The molecule has 0 radical (unpaired) electrons. The van der Waals surface area contributed by atoms with Crippen molar-refractivity contribution >= 4 is 28.7 Å². The third-order valence-corrected chi connectivity index (χ3v) is 5.02. The van der Waals surface area contributed by atoms with Crippen LogP contribution in [-0.4, -0.2) is 63.9 Å². The van der Waals surface area contributed by atoms with Gasteiger partial charge in [0.25, 0.3) is 0 Å². The van der Waals surface area contributed by atoms with Gasteiger partial charge in [0.2, 0.25) is 0 Å². The van der Waals surface area contributed by atoms with E-state index in [9.17, 15) is 0 Å². The molecule has 0 aromatic heterocycles. The Bertz CT molecular complexity index is 647. The standard InChI is InChI=1S/C20H31N3O4S/c1-3-25-18-13-17(23-7-10-24-11-8-23)19(26-4-2)12-16(18)22-20(28)21-14-15-6-5-9-27-15/h12-13,15H,3-11,14H2,1-2H3,(H2,21,22,28)/t15-/m0/s1. The number of thiocarbonyl (C=S) groups is 1. The first-order valence-corrected chi connectivity index (χ1v) is 10.5. The zero-order valence-corrected chi connectivity index (χ0v) is 17.6. The van der Waals surface area contributed by atoms with Crippen molar-refractivity contribution in [2.45, 2.75) is 32.8 Å². The van der Waals surface area contributed by atoms with Gasteiger partial charge >= 0.3 is 0 Å². The maximum Gasteiger partial charge on any atom is 0.170 e. The van der Waals surface area contributed by atoms with E-state index >= 15 is 0 Å². The molecule has 1 aromatic rings. The van der Waals surface area contributed by atoms with Gasteiger partial charge in [0.15, 0.2) is 5.11 Å². The molecule has 28 heavy (non-hydrogen) atoms. The summed E-state index contributed by atoms with van der Waals surface area (Å²) in [6.07, 6.45) is 2.42. The molecule has 2 heterocycles. The third kappa shape index (κ3) is 5.62. The lowest BCUT2D eigenvalue weighted by atomic mass is 10.2. The maximum atomic E-state index is 5.93. The smallest absolute Gasteiger partial charge is 0.170 e. The number of hydrogen-bond acceptors (Lipinski definition) is 6. The van der Waals surface area contributed by atoms with Crippen molar-refractivity contribution in [1.29, 1.82) is 0 Å². The predicted octanol–water partition coefficient (Wildman–Crippen LogP) is 2.79. The van der Waals surface area contributed by atoms with E-state index in [4.69, 9.17) is 31.2 Å². The van der Waals surface area contributed by atoms with E-state index in [1.54, 1.807) is 0 Å². The molecule has 2 saturated heterocycles. The van der Waals surface area contributed by atoms with E-state index in [0.29, 0.717) is 38.1 Å². The number of nitrogens with zero attached hydrogens (tertiary/aromatic N) is 1. The predicted molar refractivity (Wildman–Crippen MR) is 115 cm³/mol. The third-order valence-electron chi connectivity index (χ3n) is 4.78. The second kappa shape index (κ2) is 10.7. The molecule has 156 valence electrons. The summed E-state index contributed by atoms with van der Waals surface area (Å²) >= 11 is 5.48. The lowest BCUT2D eigenvalue weighted by Gasteiger charge is -2.31. The summed E-state index contributed by atoms with van der Waals surface area (Å²) in [4.78, 5) is 2.27. The van der Waals surface area contributed by atoms with Crippen LogP contribution in [0.2, 0.25) is 0 Å². The fourth-order valence-electron chi connectivity index (χ4n) is 3.42. The molecule has 0 saturated carbocycles. The molecule has 8 heteroatoms. The fourth-order valence-corrected chi connectivity index (χ4v) is 3.62. The fraction of sp³-hybridized carbons (Fsp3) is 0.650. The molecular formula is C20H31N3O4S. The van der Waals surface area contributed by atoms with Gasteiger partial charge in [0, 0.05) is 38.4 Å². The lowest BCUT2D eigenvalue weighted by Crippen LogP contribution is -2.36. The highest BCUT2D eigenvalue weighted by atomic mass is 32.1. The minimum absolute atomic E-state index is 0.230. The zero-order chi connectivity index (χ0) is 19.8. The van der Waals surface area contributed by atoms with Gasteiger partial charge in [-0.15, -0.1) is 0 Å². The summed E-state index contributed by atoms with van der Waals surface area (Å²) in [6, 6.07) is 4.00. The average molecular weight is 410 g/mol. The van der Waals surface area contributed by atoms with E-state index in [1.807, 2.05) is 26.0 Å². The first-order chi connectivity index (χ1) is 13.7. The highest BCUT2D eigenvalue weighted by Gasteiger charge is 2.20. The van der Waals surface area contributed by atoms with Gasteiger partial charge in [-0.25, -0.2) is 0 Å². The summed E-state index contributed by atoms with van der Waals surface area (Å²) in [7, 11) is 0. The normalized spacial score (nSPS) is 19.4. The van der Waals surface area contributed by atoms with Crippen LogP contribution in [0, 0.1) is 0 Å². The van der Waals surface area contributed by atoms with Crippen molar-refractivity contribution in [2.24, 2.45) is 0 Å². The first-order valence-electron chi connectivity index (χ1n) is 10.1. The Morgan fingerprint density at radius 3 is 2.57 bits per heavy atom. The Balaban J connectivity index is 1.75. The van der Waals surface area contributed by atoms with E-state index in [-0.39, 0.29) is 6.10 Å². The Morgan fingerprint density at radius 2 is 1.89 bits per heavy atom. The van der Waals surface area contributed by atoms with E-state index in [1.165, 1.54) is 0 Å². The van der Waals surface area contributed by atoms with Crippen LogP contribution < -0.4 is 25.0 Å². The topological polar surface area (TPSA) is 64.2 Å². The molecule has 0 spiro atoms. The average Bonchev–Trinajstić information content (AvgIpc) is 3.23. The summed E-state index contributed by atoms with van der Waals surface area (Å²) in [5.41, 5.74) is 1.82.